The van der Waals surface area contributed by atoms with E-state index >= 15 is 0 Å². The maximum atomic E-state index is 11.8. The number of aryl methyl sites for hydroxylation is 1. The SMILES string of the molecule is CCC1(C(=O)O)CCCN(Cc2cccc(-c3ccccc3C)c2)C1. The van der Waals surface area contributed by atoms with Crippen LogP contribution in [0.5, 0.6) is 0 Å². The molecule has 0 aromatic heterocycles. The average molecular weight is 337 g/mol. The summed E-state index contributed by atoms with van der Waals surface area (Å²) in [6.07, 6.45) is 2.44. The summed E-state index contributed by atoms with van der Waals surface area (Å²) in [7, 11) is 0. The number of nitrogens with zero attached hydrogens (tertiary/aromatic N) is 1. The number of hydrogen-bond donors (Lipinski definition) is 1. The van der Waals surface area contributed by atoms with Crippen LogP contribution in [0.1, 0.15) is 37.3 Å². The van der Waals surface area contributed by atoms with Crippen molar-refractivity contribution in [2.45, 2.75) is 39.7 Å². The van der Waals surface area contributed by atoms with E-state index in [1.807, 2.05) is 6.92 Å². The summed E-state index contributed by atoms with van der Waals surface area (Å²) in [4.78, 5) is 14.1. The third kappa shape index (κ3) is 3.77. The van der Waals surface area contributed by atoms with Crippen LogP contribution in [0.25, 0.3) is 11.1 Å². The lowest BCUT2D eigenvalue weighted by atomic mass is 9.77. The number of aliphatic carboxylic acids is 1. The third-order valence-corrected chi connectivity index (χ3v) is 5.58. The van der Waals surface area contributed by atoms with Crippen molar-refractivity contribution < 1.29 is 9.90 Å². The molecule has 2 aromatic rings. The average Bonchev–Trinajstić information content (AvgIpc) is 2.62. The highest BCUT2D eigenvalue weighted by Gasteiger charge is 2.40. The molecule has 3 heteroatoms. The highest BCUT2D eigenvalue weighted by molar-refractivity contribution is 5.75. The minimum absolute atomic E-state index is 0.578. The summed E-state index contributed by atoms with van der Waals surface area (Å²) >= 11 is 0. The van der Waals surface area contributed by atoms with Gasteiger partial charge in [0, 0.05) is 13.1 Å². The molecule has 0 spiro atoms. The van der Waals surface area contributed by atoms with Gasteiger partial charge >= 0.3 is 5.97 Å². The highest BCUT2D eigenvalue weighted by atomic mass is 16.4. The van der Waals surface area contributed by atoms with Gasteiger partial charge < -0.3 is 5.11 Å². The Hall–Kier alpha value is -2.13. The summed E-state index contributed by atoms with van der Waals surface area (Å²) in [5.74, 6) is -0.645. The van der Waals surface area contributed by atoms with Gasteiger partial charge in [0.05, 0.1) is 5.41 Å². The normalized spacial score (nSPS) is 21.2. The largest absolute Gasteiger partial charge is 0.481 e. The van der Waals surface area contributed by atoms with Gasteiger partial charge in [-0.3, -0.25) is 9.69 Å². The van der Waals surface area contributed by atoms with Crippen molar-refractivity contribution in [3.63, 3.8) is 0 Å². The van der Waals surface area contributed by atoms with Crippen LogP contribution >= 0.6 is 0 Å². The molecule has 1 N–H and O–H groups in total. The Kier molecular flexibility index (Phi) is 5.24. The Balaban J connectivity index is 1.79. The van der Waals surface area contributed by atoms with Gasteiger partial charge in [0.2, 0.25) is 0 Å². The number of carboxylic acids is 1. The Morgan fingerprint density at radius 3 is 2.72 bits per heavy atom. The first-order valence-corrected chi connectivity index (χ1v) is 9.15. The van der Waals surface area contributed by atoms with Gasteiger partial charge in [-0.2, -0.15) is 0 Å². The monoisotopic (exact) mass is 337 g/mol. The number of benzene rings is 2. The van der Waals surface area contributed by atoms with Crippen molar-refractivity contribution in [2.75, 3.05) is 13.1 Å². The summed E-state index contributed by atoms with van der Waals surface area (Å²) in [5.41, 5.74) is 4.43. The number of carboxylic acid groups (broad SMARTS) is 1. The molecule has 3 rings (SSSR count). The van der Waals surface area contributed by atoms with E-state index in [1.54, 1.807) is 0 Å². The minimum atomic E-state index is -0.645. The van der Waals surface area contributed by atoms with Crippen molar-refractivity contribution in [1.29, 1.82) is 0 Å². The van der Waals surface area contributed by atoms with Crippen LogP contribution in [0.4, 0.5) is 0 Å². The fraction of sp³-hybridized carbons (Fsp3) is 0.409. The first-order valence-electron chi connectivity index (χ1n) is 9.15. The van der Waals surface area contributed by atoms with E-state index in [0.29, 0.717) is 13.0 Å². The van der Waals surface area contributed by atoms with Crippen molar-refractivity contribution in [3.05, 3.63) is 59.7 Å². The molecule has 0 bridgehead atoms. The maximum Gasteiger partial charge on any atom is 0.310 e. The Bertz CT molecular complexity index is 755. The molecule has 1 unspecified atom stereocenters. The molecule has 0 aliphatic carbocycles. The quantitative estimate of drug-likeness (QED) is 0.857. The first kappa shape index (κ1) is 17.7. The fourth-order valence-corrected chi connectivity index (χ4v) is 3.97. The van der Waals surface area contributed by atoms with Crippen LogP contribution in [0.3, 0.4) is 0 Å². The molecule has 3 nitrogen and oxygen atoms in total. The molecule has 1 saturated heterocycles. The summed E-state index contributed by atoms with van der Waals surface area (Å²) in [6, 6.07) is 17.1. The minimum Gasteiger partial charge on any atom is -0.481 e. The van der Waals surface area contributed by atoms with Crippen molar-refractivity contribution >= 4 is 5.97 Å². The van der Waals surface area contributed by atoms with Gasteiger partial charge in [0.25, 0.3) is 0 Å². The third-order valence-electron chi connectivity index (χ3n) is 5.58. The van der Waals surface area contributed by atoms with Crippen LogP contribution in [0.2, 0.25) is 0 Å². The molecule has 25 heavy (non-hydrogen) atoms. The van der Waals surface area contributed by atoms with E-state index in [-0.39, 0.29) is 0 Å². The molecular weight excluding hydrogens is 310 g/mol. The Morgan fingerprint density at radius 2 is 2.00 bits per heavy atom. The van der Waals surface area contributed by atoms with E-state index < -0.39 is 11.4 Å². The maximum absolute atomic E-state index is 11.8. The van der Waals surface area contributed by atoms with Crippen LogP contribution in [-0.4, -0.2) is 29.1 Å². The molecule has 0 radical (unpaired) electrons. The molecule has 2 aromatic carbocycles. The zero-order chi connectivity index (χ0) is 17.9. The van der Waals surface area contributed by atoms with Crippen LogP contribution in [-0.2, 0) is 11.3 Å². The van der Waals surface area contributed by atoms with Gasteiger partial charge in [0.15, 0.2) is 0 Å². The first-order chi connectivity index (χ1) is 12.0. The van der Waals surface area contributed by atoms with Crippen molar-refractivity contribution in [2.24, 2.45) is 5.41 Å². The molecule has 132 valence electrons. The number of carbonyl (C=O) groups is 1. The highest BCUT2D eigenvalue weighted by Crippen LogP contribution is 2.34. The fourth-order valence-electron chi connectivity index (χ4n) is 3.97. The van der Waals surface area contributed by atoms with E-state index in [9.17, 15) is 9.90 Å². The lowest BCUT2D eigenvalue weighted by Gasteiger charge is -2.39. The van der Waals surface area contributed by atoms with E-state index in [1.165, 1.54) is 22.3 Å². The zero-order valence-corrected chi connectivity index (χ0v) is 15.2. The smallest absolute Gasteiger partial charge is 0.310 e. The van der Waals surface area contributed by atoms with Crippen molar-refractivity contribution in [3.8, 4) is 11.1 Å². The number of piperidine rings is 1. The van der Waals surface area contributed by atoms with Gasteiger partial charge in [0.1, 0.15) is 0 Å². The van der Waals surface area contributed by atoms with Crippen LogP contribution < -0.4 is 0 Å². The molecule has 1 fully saturated rings. The number of likely N-dealkylation sites (tertiary alicyclic amines) is 1. The Labute approximate surface area is 150 Å². The predicted molar refractivity (Wildman–Crippen MR) is 101 cm³/mol. The lowest BCUT2D eigenvalue weighted by molar-refractivity contribution is -0.153. The lowest BCUT2D eigenvalue weighted by Crippen LogP contribution is -2.47. The molecule has 1 aliphatic rings. The summed E-state index contributed by atoms with van der Waals surface area (Å²) in [6.45, 7) is 6.57. The van der Waals surface area contributed by atoms with E-state index in [4.69, 9.17) is 0 Å². The van der Waals surface area contributed by atoms with Crippen LogP contribution in [0, 0.1) is 12.3 Å². The Morgan fingerprint density at radius 1 is 1.20 bits per heavy atom. The number of rotatable bonds is 5. The molecule has 0 amide bonds. The topological polar surface area (TPSA) is 40.5 Å². The van der Waals surface area contributed by atoms with Crippen LogP contribution in [0.15, 0.2) is 48.5 Å². The molecule has 0 saturated carbocycles. The van der Waals surface area contributed by atoms with Gasteiger partial charge in [-0.15, -0.1) is 0 Å². The second-order valence-corrected chi connectivity index (χ2v) is 7.27. The van der Waals surface area contributed by atoms with Crippen molar-refractivity contribution in [1.82, 2.24) is 4.90 Å². The zero-order valence-electron chi connectivity index (χ0n) is 15.2. The molecular formula is C22H27NO2. The van der Waals surface area contributed by atoms with Gasteiger partial charge in [-0.05, 0) is 61.1 Å². The second-order valence-electron chi connectivity index (χ2n) is 7.27. The molecule has 1 heterocycles. The predicted octanol–water partition coefficient (Wildman–Crippen LogP) is 4.74. The second kappa shape index (κ2) is 7.40. The van der Waals surface area contributed by atoms with E-state index in [2.05, 4.69) is 60.4 Å². The molecule has 1 aliphatic heterocycles. The van der Waals surface area contributed by atoms with E-state index in [0.717, 1.165) is 25.9 Å². The standard InChI is InChI=1S/C22H27NO2/c1-3-22(21(24)25)12-7-13-23(16-22)15-18-9-6-10-19(14-18)20-11-5-4-8-17(20)2/h4-6,8-11,14H,3,7,12-13,15-16H2,1-2H3,(H,24,25). The molecule has 1 atom stereocenters. The van der Waals surface area contributed by atoms with Gasteiger partial charge in [-0.1, -0.05) is 49.4 Å². The summed E-state index contributed by atoms with van der Waals surface area (Å²) in [5, 5.41) is 9.67. The number of hydrogen-bond acceptors (Lipinski definition) is 2. The van der Waals surface area contributed by atoms with Gasteiger partial charge in [-0.25, -0.2) is 0 Å². The summed E-state index contributed by atoms with van der Waals surface area (Å²) < 4.78 is 0.